The summed E-state index contributed by atoms with van der Waals surface area (Å²) < 4.78 is 19.3. The van der Waals surface area contributed by atoms with Crippen LogP contribution in [0.5, 0.6) is 17.6 Å². The van der Waals surface area contributed by atoms with Gasteiger partial charge in [0.15, 0.2) is 11.9 Å². The Morgan fingerprint density at radius 2 is 1.63 bits per heavy atom. The molecule has 2 aliphatic heterocycles. The lowest BCUT2D eigenvalue weighted by atomic mass is 9.78. The van der Waals surface area contributed by atoms with E-state index in [-0.39, 0.29) is 18.4 Å². The van der Waals surface area contributed by atoms with E-state index in [1.807, 2.05) is 43.3 Å². The molecule has 9 nitrogen and oxygen atoms in total. The van der Waals surface area contributed by atoms with E-state index in [1.165, 1.54) is 4.57 Å². The van der Waals surface area contributed by atoms with Gasteiger partial charge in [-0.05, 0) is 48.5 Å². The van der Waals surface area contributed by atoms with Gasteiger partial charge >= 0.3 is 0 Å². The molecule has 194 valence electrons. The predicted molar refractivity (Wildman–Crippen MR) is 137 cm³/mol. The van der Waals surface area contributed by atoms with E-state index in [9.17, 15) is 20.4 Å². The van der Waals surface area contributed by atoms with Gasteiger partial charge in [-0.25, -0.2) is 0 Å². The number of aliphatic hydroxyl groups is 2. The molecule has 4 heterocycles. The minimum atomic E-state index is -1.65. The molecule has 0 radical (unpaired) electrons. The van der Waals surface area contributed by atoms with Gasteiger partial charge in [0.05, 0.1) is 34.4 Å². The summed E-state index contributed by atoms with van der Waals surface area (Å²) in [4.78, 5) is 0. The molecule has 0 spiro atoms. The smallest absolute Gasteiger partial charge is 0.262 e. The molecule has 0 saturated carbocycles. The second-order valence-corrected chi connectivity index (χ2v) is 10.2. The summed E-state index contributed by atoms with van der Waals surface area (Å²) in [6.07, 6.45) is 0.121. The molecule has 9 heteroatoms. The molecule has 38 heavy (non-hydrogen) atoms. The third-order valence-corrected chi connectivity index (χ3v) is 8.07. The van der Waals surface area contributed by atoms with Crippen molar-refractivity contribution in [2.75, 3.05) is 6.61 Å². The van der Waals surface area contributed by atoms with Crippen molar-refractivity contribution >= 4 is 21.7 Å². The van der Waals surface area contributed by atoms with Crippen molar-refractivity contribution in [3.05, 3.63) is 77.4 Å². The first-order valence-electron chi connectivity index (χ1n) is 12.6. The number of hydrogen-bond acceptors (Lipinski definition) is 8. The van der Waals surface area contributed by atoms with Crippen LogP contribution in [0, 0.1) is 0 Å². The Kier molecular flexibility index (Phi) is 4.85. The highest BCUT2D eigenvalue weighted by Gasteiger charge is 2.61. The number of aromatic nitrogens is 2. The van der Waals surface area contributed by atoms with E-state index in [2.05, 4.69) is 5.16 Å². The van der Waals surface area contributed by atoms with E-state index < -0.39 is 17.5 Å². The van der Waals surface area contributed by atoms with Crippen LogP contribution in [0.1, 0.15) is 49.2 Å². The van der Waals surface area contributed by atoms with Crippen LogP contribution in [0.3, 0.4) is 0 Å². The highest BCUT2D eigenvalue weighted by molar-refractivity contribution is 5.93. The normalized spacial score (nSPS) is 22.1. The Labute approximate surface area is 217 Å². The Morgan fingerprint density at radius 3 is 2.42 bits per heavy atom. The summed E-state index contributed by atoms with van der Waals surface area (Å²) in [5, 5.41) is 48.9. The molecular weight excluding hydrogens is 488 g/mol. The van der Waals surface area contributed by atoms with Gasteiger partial charge in [-0.15, -0.1) is 0 Å². The summed E-state index contributed by atoms with van der Waals surface area (Å²) in [6.45, 7) is 2.20. The average molecular weight is 515 g/mol. The number of fused-ring (bicyclic) bond motifs is 7. The second kappa shape index (κ2) is 7.97. The lowest BCUT2D eigenvalue weighted by Crippen LogP contribution is -2.25. The van der Waals surface area contributed by atoms with E-state index in [1.54, 1.807) is 24.3 Å². The molecule has 1 fully saturated rings. The van der Waals surface area contributed by atoms with Crippen molar-refractivity contribution in [1.82, 2.24) is 9.72 Å². The van der Waals surface area contributed by atoms with Crippen molar-refractivity contribution in [3.63, 3.8) is 0 Å². The molecule has 0 unspecified atom stereocenters. The largest absolute Gasteiger partial charge is 0.494 e. The number of ether oxygens (including phenoxy) is 2. The van der Waals surface area contributed by atoms with Crippen molar-refractivity contribution in [1.29, 1.82) is 0 Å². The molecule has 2 aromatic heterocycles. The fourth-order valence-corrected chi connectivity index (χ4v) is 6.34. The Bertz CT molecular complexity index is 1720. The quantitative estimate of drug-likeness (QED) is 0.236. The molecule has 1 saturated heterocycles. The number of rotatable bonds is 6. The summed E-state index contributed by atoms with van der Waals surface area (Å²) in [5.41, 5.74) is 1.04. The maximum absolute atomic E-state index is 11.6. The Hall–Kier alpha value is -4.05. The summed E-state index contributed by atoms with van der Waals surface area (Å²) >= 11 is 0. The van der Waals surface area contributed by atoms with Gasteiger partial charge in [-0.2, -0.15) is 0 Å². The first-order valence-corrected chi connectivity index (χ1v) is 12.6. The van der Waals surface area contributed by atoms with Gasteiger partial charge in [0.1, 0.15) is 5.60 Å². The first kappa shape index (κ1) is 23.1. The molecular formula is C29H26N2O7. The number of benzene rings is 3. The standard InChI is InChI=1S/C29H26N2O7/c1-28-12-13-29(38-28,14-15-36-24-19-8-4-5-9-21(19)37-30-24)23-22(28)25(32)31(26(23)33)20-11-10-18(27(34)35)16-6-2-3-7-17(16)20/h2-11,27,32-35H,12-15H2,1H3/t28-,29-/m1/s1. The maximum atomic E-state index is 11.6. The fourth-order valence-electron chi connectivity index (χ4n) is 6.34. The van der Waals surface area contributed by atoms with Crippen LogP contribution in [-0.2, 0) is 15.9 Å². The molecule has 5 aromatic rings. The monoisotopic (exact) mass is 514 g/mol. The summed E-state index contributed by atoms with van der Waals surface area (Å²) in [5.74, 6) is 0.209. The highest BCUT2D eigenvalue weighted by Crippen LogP contribution is 2.65. The van der Waals surface area contributed by atoms with Crippen molar-refractivity contribution in [2.24, 2.45) is 0 Å². The van der Waals surface area contributed by atoms with Gasteiger partial charge in [0.25, 0.3) is 5.88 Å². The number of nitrogens with zero attached hydrogens (tertiary/aromatic N) is 2. The second-order valence-electron chi connectivity index (χ2n) is 10.2. The molecule has 2 atom stereocenters. The van der Waals surface area contributed by atoms with Crippen LogP contribution in [0.2, 0.25) is 0 Å². The molecule has 7 rings (SSSR count). The zero-order chi connectivity index (χ0) is 26.2. The van der Waals surface area contributed by atoms with Gasteiger partial charge in [-0.1, -0.05) is 42.5 Å². The van der Waals surface area contributed by atoms with Crippen LogP contribution in [-0.4, -0.2) is 36.8 Å². The van der Waals surface area contributed by atoms with E-state index in [0.717, 1.165) is 5.39 Å². The van der Waals surface area contributed by atoms with E-state index in [0.29, 0.717) is 63.9 Å². The molecule has 0 aliphatic carbocycles. The van der Waals surface area contributed by atoms with Crippen LogP contribution >= 0.6 is 0 Å². The van der Waals surface area contributed by atoms with Crippen molar-refractivity contribution in [3.8, 4) is 23.3 Å². The number of aromatic hydroxyl groups is 2. The third-order valence-electron chi connectivity index (χ3n) is 8.07. The lowest BCUT2D eigenvalue weighted by molar-refractivity contribution is -0.0877. The van der Waals surface area contributed by atoms with Crippen LogP contribution in [0.4, 0.5) is 0 Å². The van der Waals surface area contributed by atoms with E-state index >= 15 is 0 Å². The topological polar surface area (TPSA) is 130 Å². The van der Waals surface area contributed by atoms with Gasteiger partial charge in [0, 0.05) is 17.4 Å². The van der Waals surface area contributed by atoms with Crippen LogP contribution < -0.4 is 4.74 Å². The van der Waals surface area contributed by atoms with E-state index in [4.69, 9.17) is 14.0 Å². The number of para-hydroxylation sites is 1. The minimum absolute atomic E-state index is 0.0903. The van der Waals surface area contributed by atoms with Gasteiger partial charge < -0.3 is 34.4 Å². The predicted octanol–water partition coefficient (Wildman–Crippen LogP) is 4.87. The van der Waals surface area contributed by atoms with Gasteiger partial charge in [0.2, 0.25) is 11.8 Å². The van der Waals surface area contributed by atoms with Gasteiger partial charge in [-0.3, -0.25) is 4.57 Å². The Balaban J connectivity index is 1.29. The van der Waals surface area contributed by atoms with Crippen molar-refractivity contribution in [2.45, 2.75) is 43.7 Å². The minimum Gasteiger partial charge on any atom is -0.494 e. The molecule has 3 aromatic carbocycles. The number of aliphatic hydroxyl groups excluding tert-OH is 1. The first-order chi connectivity index (χ1) is 18.3. The van der Waals surface area contributed by atoms with Crippen LogP contribution in [0.25, 0.3) is 27.4 Å². The SMILES string of the molecule is C[C@]12CC[C@](CCOc3noc4ccccc34)(O1)c1c2c(O)n(-c2ccc(C(O)O)c3ccccc23)c1O. The molecule has 2 aliphatic rings. The zero-order valence-corrected chi connectivity index (χ0v) is 20.6. The number of hydrogen-bond donors (Lipinski definition) is 4. The summed E-state index contributed by atoms with van der Waals surface area (Å²) in [7, 11) is 0. The fraction of sp³-hybridized carbons (Fsp3) is 0.276. The zero-order valence-electron chi connectivity index (χ0n) is 20.6. The average Bonchev–Trinajstić information content (AvgIpc) is 3.62. The third kappa shape index (κ3) is 3.06. The Morgan fingerprint density at radius 1 is 0.921 bits per heavy atom. The molecule has 2 bridgehead atoms. The molecule has 4 N–H and O–H groups in total. The highest BCUT2D eigenvalue weighted by atomic mass is 16.6. The lowest BCUT2D eigenvalue weighted by Gasteiger charge is -2.26. The molecule has 0 amide bonds. The van der Waals surface area contributed by atoms with Crippen LogP contribution in [0.15, 0.2) is 65.2 Å². The van der Waals surface area contributed by atoms with Crippen molar-refractivity contribution < 1.29 is 34.4 Å². The summed E-state index contributed by atoms with van der Waals surface area (Å²) in [6, 6.07) is 17.9. The maximum Gasteiger partial charge on any atom is 0.262 e.